The van der Waals surface area contributed by atoms with Gasteiger partial charge in [-0.05, 0) is 25.5 Å². The summed E-state index contributed by atoms with van der Waals surface area (Å²) in [6.07, 6.45) is 0.544. The number of para-hydroxylation sites is 1. The van der Waals surface area contributed by atoms with Crippen LogP contribution in [0.3, 0.4) is 0 Å². The van der Waals surface area contributed by atoms with Crippen LogP contribution < -0.4 is 4.90 Å². The lowest BCUT2D eigenvalue weighted by atomic mass is 10.2. The van der Waals surface area contributed by atoms with Gasteiger partial charge >= 0.3 is 0 Å². The van der Waals surface area contributed by atoms with E-state index in [2.05, 4.69) is 0 Å². The molecule has 1 aliphatic rings. The number of sulfone groups is 1. The molecule has 0 saturated carbocycles. The average Bonchev–Trinajstić information content (AvgIpc) is 2.84. The molecule has 1 aliphatic heterocycles. The van der Waals surface area contributed by atoms with Crippen LogP contribution in [-0.2, 0) is 14.6 Å². The van der Waals surface area contributed by atoms with Crippen LogP contribution in [0.5, 0.6) is 0 Å². The Kier molecular flexibility index (Phi) is 4.88. The summed E-state index contributed by atoms with van der Waals surface area (Å²) in [5, 5.41) is 0. The quantitative estimate of drug-likeness (QED) is 0.819. The van der Waals surface area contributed by atoms with E-state index >= 15 is 0 Å². The minimum absolute atomic E-state index is 0.0391. The van der Waals surface area contributed by atoms with Crippen molar-refractivity contribution in [1.29, 1.82) is 0 Å². The third-order valence-electron chi connectivity index (χ3n) is 3.98. The fourth-order valence-corrected chi connectivity index (χ4v) is 4.36. The Labute approximate surface area is 126 Å². The van der Waals surface area contributed by atoms with Crippen molar-refractivity contribution in [1.82, 2.24) is 4.90 Å². The monoisotopic (exact) mass is 310 g/mol. The molecule has 1 aromatic carbocycles. The van der Waals surface area contributed by atoms with Crippen molar-refractivity contribution in [3.8, 4) is 0 Å². The number of anilines is 1. The summed E-state index contributed by atoms with van der Waals surface area (Å²) in [6, 6.07) is 9.57. The van der Waals surface area contributed by atoms with Crippen molar-refractivity contribution in [3.63, 3.8) is 0 Å². The van der Waals surface area contributed by atoms with Crippen LogP contribution >= 0.6 is 0 Å². The predicted octanol–water partition coefficient (Wildman–Crippen LogP) is 1.16. The SMILES string of the molecule is CCN(CC(=O)N(C)C1CCS(=O)(=O)C1)c1ccccc1. The zero-order valence-electron chi connectivity index (χ0n) is 12.5. The van der Waals surface area contributed by atoms with Crippen molar-refractivity contribution >= 4 is 21.4 Å². The Morgan fingerprint density at radius 3 is 2.48 bits per heavy atom. The molecule has 1 atom stereocenters. The van der Waals surface area contributed by atoms with Crippen molar-refractivity contribution in [3.05, 3.63) is 30.3 Å². The van der Waals surface area contributed by atoms with Crippen LogP contribution in [-0.4, -0.2) is 56.9 Å². The summed E-state index contributed by atoms with van der Waals surface area (Å²) in [4.78, 5) is 16.0. The molecule has 0 bridgehead atoms. The Balaban J connectivity index is 2.00. The zero-order valence-corrected chi connectivity index (χ0v) is 13.3. The van der Waals surface area contributed by atoms with E-state index in [9.17, 15) is 13.2 Å². The van der Waals surface area contributed by atoms with E-state index in [1.165, 1.54) is 0 Å². The number of amides is 1. The van der Waals surface area contributed by atoms with E-state index in [0.29, 0.717) is 6.42 Å². The number of nitrogens with zero attached hydrogens (tertiary/aromatic N) is 2. The van der Waals surface area contributed by atoms with Crippen LogP contribution in [0.15, 0.2) is 30.3 Å². The predicted molar refractivity (Wildman–Crippen MR) is 84.2 cm³/mol. The van der Waals surface area contributed by atoms with Crippen molar-refractivity contribution in [2.75, 3.05) is 36.5 Å². The van der Waals surface area contributed by atoms with Crippen molar-refractivity contribution in [2.45, 2.75) is 19.4 Å². The summed E-state index contributed by atoms with van der Waals surface area (Å²) < 4.78 is 23.0. The fraction of sp³-hybridized carbons (Fsp3) is 0.533. The second-order valence-corrected chi connectivity index (χ2v) is 7.64. The Morgan fingerprint density at radius 2 is 1.95 bits per heavy atom. The highest BCUT2D eigenvalue weighted by atomic mass is 32.2. The molecule has 116 valence electrons. The van der Waals surface area contributed by atoms with E-state index in [0.717, 1.165) is 12.2 Å². The number of benzene rings is 1. The lowest BCUT2D eigenvalue weighted by Crippen LogP contribution is -2.44. The summed E-state index contributed by atoms with van der Waals surface area (Å²) in [5.74, 6) is 0.237. The normalized spacial score (nSPS) is 20.2. The number of hydrogen-bond donors (Lipinski definition) is 0. The number of rotatable bonds is 5. The second kappa shape index (κ2) is 6.47. The minimum Gasteiger partial charge on any atom is -0.362 e. The van der Waals surface area contributed by atoms with Gasteiger partial charge in [-0.1, -0.05) is 18.2 Å². The van der Waals surface area contributed by atoms with E-state index in [1.807, 2.05) is 42.2 Å². The summed E-state index contributed by atoms with van der Waals surface area (Å²) >= 11 is 0. The van der Waals surface area contributed by atoms with E-state index < -0.39 is 9.84 Å². The van der Waals surface area contributed by atoms with Crippen LogP contribution in [0.25, 0.3) is 0 Å². The number of carbonyl (C=O) groups excluding carboxylic acids is 1. The highest BCUT2D eigenvalue weighted by Crippen LogP contribution is 2.18. The Bertz CT molecular complexity index is 586. The fourth-order valence-electron chi connectivity index (χ4n) is 2.58. The first-order valence-corrected chi connectivity index (χ1v) is 9.01. The maximum Gasteiger partial charge on any atom is 0.242 e. The van der Waals surface area contributed by atoms with Gasteiger partial charge in [0.2, 0.25) is 5.91 Å². The molecule has 1 fully saturated rings. The van der Waals surface area contributed by atoms with Gasteiger partial charge in [-0.2, -0.15) is 0 Å². The Hall–Kier alpha value is -1.56. The first-order chi connectivity index (χ1) is 9.93. The molecule has 0 N–H and O–H groups in total. The van der Waals surface area contributed by atoms with Crippen LogP contribution in [0, 0.1) is 0 Å². The number of hydrogen-bond acceptors (Lipinski definition) is 4. The maximum absolute atomic E-state index is 12.4. The molecule has 0 aliphatic carbocycles. The smallest absolute Gasteiger partial charge is 0.242 e. The zero-order chi connectivity index (χ0) is 15.5. The summed E-state index contributed by atoms with van der Waals surface area (Å²) in [7, 11) is -1.27. The second-order valence-electron chi connectivity index (χ2n) is 5.41. The molecule has 21 heavy (non-hydrogen) atoms. The first kappa shape index (κ1) is 15.8. The number of carbonyl (C=O) groups is 1. The lowest BCUT2D eigenvalue weighted by molar-refractivity contribution is -0.130. The van der Waals surface area contributed by atoms with Gasteiger partial charge < -0.3 is 9.80 Å². The highest BCUT2D eigenvalue weighted by molar-refractivity contribution is 7.91. The average molecular weight is 310 g/mol. The topological polar surface area (TPSA) is 57.7 Å². The molecule has 0 aromatic heterocycles. The van der Waals surface area contributed by atoms with Gasteiger partial charge in [0, 0.05) is 25.3 Å². The minimum atomic E-state index is -2.97. The van der Waals surface area contributed by atoms with Crippen LogP contribution in [0.4, 0.5) is 5.69 Å². The van der Waals surface area contributed by atoms with Gasteiger partial charge in [0.1, 0.15) is 0 Å². The van der Waals surface area contributed by atoms with Gasteiger partial charge in [0.25, 0.3) is 0 Å². The molecule has 5 nitrogen and oxygen atoms in total. The third-order valence-corrected chi connectivity index (χ3v) is 5.73. The maximum atomic E-state index is 12.4. The molecule has 1 unspecified atom stereocenters. The summed E-state index contributed by atoms with van der Waals surface area (Å²) in [5.41, 5.74) is 1.00. The Morgan fingerprint density at radius 1 is 1.29 bits per heavy atom. The molecular formula is C15H22N2O3S. The molecule has 0 radical (unpaired) electrons. The lowest BCUT2D eigenvalue weighted by Gasteiger charge is -2.28. The van der Waals surface area contributed by atoms with Gasteiger partial charge in [-0.3, -0.25) is 4.79 Å². The molecule has 1 heterocycles. The molecule has 1 aromatic rings. The number of likely N-dealkylation sites (N-methyl/N-ethyl adjacent to an activating group) is 2. The van der Waals surface area contributed by atoms with Crippen molar-refractivity contribution < 1.29 is 13.2 Å². The first-order valence-electron chi connectivity index (χ1n) is 7.19. The molecule has 2 rings (SSSR count). The van der Waals surface area contributed by atoms with Crippen LogP contribution in [0.2, 0.25) is 0 Å². The summed E-state index contributed by atoms with van der Waals surface area (Å²) in [6.45, 7) is 3.00. The molecule has 1 amide bonds. The largest absolute Gasteiger partial charge is 0.362 e. The highest BCUT2D eigenvalue weighted by Gasteiger charge is 2.32. The van der Waals surface area contributed by atoms with Gasteiger partial charge in [0.05, 0.1) is 18.1 Å². The molecule has 0 spiro atoms. The molecule has 6 heteroatoms. The van der Waals surface area contributed by atoms with E-state index in [-0.39, 0.29) is 30.0 Å². The van der Waals surface area contributed by atoms with E-state index in [1.54, 1.807) is 11.9 Å². The standard InChI is InChI=1S/C15H22N2O3S/c1-3-17(13-7-5-4-6-8-13)11-15(18)16(2)14-9-10-21(19,20)12-14/h4-8,14H,3,9-12H2,1-2H3. The van der Waals surface area contributed by atoms with E-state index in [4.69, 9.17) is 0 Å². The van der Waals surface area contributed by atoms with Gasteiger partial charge in [-0.25, -0.2) is 8.42 Å². The third kappa shape index (κ3) is 3.97. The molecule has 1 saturated heterocycles. The van der Waals surface area contributed by atoms with Gasteiger partial charge in [-0.15, -0.1) is 0 Å². The molecular weight excluding hydrogens is 288 g/mol. The van der Waals surface area contributed by atoms with Gasteiger partial charge in [0.15, 0.2) is 9.84 Å². The van der Waals surface area contributed by atoms with Crippen LogP contribution in [0.1, 0.15) is 13.3 Å². The van der Waals surface area contributed by atoms with Crippen molar-refractivity contribution in [2.24, 2.45) is 0 Å².